The minimum absolute atomic E-state index is 0.129. The molecule has 0 aromatic heterocycles. The lowest BCUT2D eigenvalue weighted by atomic mass is 9.78. The zero-order chi connectivity index (χ0) is 27.8. The van der Waals surface area contributed by atoms with E-state index in [1.54, 1.807) is 7.11 Å². The Labute approximate surface area is 224 Å². The Kier molecular flexibility index (Phi) is 16.1. The van der Waals surface area contributed by atoms with Crippen molar-refractivity contribution >= 4 is 22.2 Å². The van der Waals surface area contributed by atoms with Crippen molar-refractivity contribution in [2.24, 2.45) is 10.8 Å². The third-order valence-electron chi connectivity index (χ3n) is 5.04. The normalized spacial score (nSPS) is 11.5. The summed E-state index contributed by atoms with van der Waals surface area (Å²) in [4.78, 5) is 0.964. The molecule has 2 aromatic carbocycles. The van der Waals surface area contributed by atoms with Crippen LogP contribution in [-0.4, -0.2) is 33.3 Å². The Balaban J connectivity index is 0.000000698. The molecule has 0 bridgehead atoms. The van der Waals surface area contributed by atoms with Crippen molar-refractivity contribution in [1.82, 2.24) is 0 Å². The number of ether oxygens (including phenoxy) is 2. The van der Waals surface area contributed by atoms with Gasteiger partial charge in [-0.15, -0.1) is 0 Å². The molecule has 1 N–H and O–H groups in total. The highest BCUT2D eigenvalue weighted by atomic mass is 32.2. The van der Waals surface area contributed by atoms with Gasteiger partial charge < -0.3 is 13.7 Å². The van der Waals surface area contributed by atoms with Crippen molar-refractivity contribution < 1.29 is 26.6 Å². The zero-order valence-corrected chi connectivity index (χ0v) is 25.1. The summed E-state index contributed by atoms with van der Waals surface area (Å²) in [7, 11) is -2.41. The zero-order valence-electron chi connectivity index (χ0n) is 23.5. The molecule has 0 spiro atoms. The maximum absolute atomic E-state index is 10.6. The summed E-state index contributed by atoms with van der Waals surface area (Å²) in [5.41, 5.74) is 0.742. The molecule has 2 rings (SSSR count). The minimum atomic E-state index is -4.09. The third kappa shape index (κ3) is 16.1. The molecule has 0 amide bonds. The van der Waals surface area contributed by atoms with Gasteiger partial charge in [0.2, 0.25) is 0 Å². The Bertz CT molecular complexity index is 932. The highest BCUT2D eigenvalue weighted by Gasteiger charge is 2.21. The van der Waals surface area contributed by atoms with Crippen LogP contribution in [0.5, 0.6) is 11.5 Å². The first kappa shape index (κ1) is 34.3. The molecule has 2 aromatic rings. The molecule has 0 radical (unpaired) electrons. The molecule has 0 aliphatic heterocycles. The lowest BCUT2D eigenvalue weighted by Gasteiger charge is -2.29. The SMILES string of the molecule is CC.CCOc1ccc(S(=O)(=O)O)cc1.COSc1ccc(OCCC(C)(C)CCC(C)(C)C)cc1. The summed E-state index contributed by atoms with van der Waals surface area (Å²) in [5.74, 6) is 1.51. The summed E-state index contributed by atoms with van der Waals surface area (Å²) >= 11 is 1.37. The van der Waals surface area contributed by atoms with Gasteiger partial charge in [0.1, 0.15) is 11.5 Å². The minimum Gasteiger partial charge on any atom is -0.494 e. The molecule has 0 fully saturated rings. The molecule has 0 atom stereocenters. The molecule has 0 heterocycles. The van der Waals surface area contributed by atoms with Crippen molar-refractivity contribution in [3.05, 3.63) is 48.5 Å². The standard InChI is InChI=1S/C18H30O2S.C8H10O4S.C2H6/c1-17(2,3)11-12-18(4,5)13-14-20-15-7-9-16(10-8-15)21-19-6;1-2-12-7-3-5-8(6-4-7)13(9,10)11;1-2/h7-10H,11-14H2,1-6H3;3-6H,2H2,1H3,(H,9,10,11);1-2H3. The second-order valence-electron chi connectivity index (χ2n) is 9.92. The number of hydrogen-bond donors (Lipinski definition) is 1. The van der Waals surface area contributed by atoms with E-state index in [9.17, 15) is 8.42 Å². The van der Waals surface area contributed by atoms with Gasteiger partial charge in [-0.2, -0.15) is 8.42 Å². The molecular weight excluding hydrogens is 496 g/mol. The summed E-state index contributed by atoms with van der Waals surface area (Å²) in [6, 6.07) is 13.6. The summed E-state index contributed by atoms with van der Waals surface area (Å²) in [5, 5.41) is 0. The number of hydrogen-bond acceptors (Lipinski definition) is 6. The highest BCUT2D eigenvalue weighted by molar-refractivity contribution is 7.94. The first-order chi connectivity index (χ1) is 16.8. The Morgan fingerprint density at radius 3 is 1.75 bits per heavy atom. The first-order valence-corrected chi connectivity index (χ1v) is 14.6. The molecule has 0 unspecified atom stereocenters. The van der Waals surface area contributed by atoms with E-state index in [0.717, 1.165) is 23.7 Å². The maximum Gasteiger partial charge on any atom is 0.294 e. The smallest absolute Gasteiger partial charge is 0.294 e. The fourth-order valence-corrected chi connectivity index (χ4v) is 3.77. The van der Waals surface area contributed by atoms with Gasteiger partial charge in [0.05, 0.1) is 25.2 Å². The summed E-state index contributed by atoms with van der Waals surface area (Å²) in [6.07, 6.45) is 3.57. The van der Waals surface area contributed by atoms with Crippen LogP contribution in [0, 0.1) is 10.8 Å². The van der Waals surface area contributed by atoms with E-state index in [1.165, 1.54) is 49.1 Å². The van der Waals surface area contributed by atoms with Crippen molar-refractivity contribution in [3.8, 4) is 11.5 Å². The van der Waals surface area contributed by atoms with Gasteiger partial charge in [0, 0.05) is 16.9 Å². The molecule has 8 heteroatoms. The van der Waals surface area contributed by atoms with Gasteiger partial charge in [-0.3, -0.25) is 4.55 Å². The molecule has 0 saturated carbocycles. The van der Waals surface area contributed by atoms with Crippen LogP contribution in [0.3, 0.4) is 0 Å². The molecule has 0 aliphatic rings. The molecule has 6 nitrogen and oxygen atoms in total. The fraction of sp³-hybridized carbons (Fsp3) is 0.571. The predicted molar refractivity (Wildman–Crippen MR) is 151 cm³/mol. The van der Waals surface area contributed by atoms with Gasteiger partial charge >= 0.3 is 0 Å². The fourth-order valence-electron chi connectivity index (χ4n) is 2.85. The van der Waals surface area contributed by atoms with Gasteiger partial charge in [-0.1, -0.05) is 48.5 Å². The second-order valence-corrected chi connectivity index (χ2v) is 12.3. The average molecular weight is 543 g/mol. The van der Waals surface area contributed by atoms with E-state index in [2.05, 4.69) is 34.6 Å². The van der Waals surface area contributed by atoms with E-state index in [1.807, 2.05) is 45.0 Å². The van der Waals surface area contributed by atoms with Crippen LogP contribution >= 0.6 is 12.0 Å². The molecule has 0 aliphatic carbocycles. The van der Waals surface area contributed by atoms with E-state index in [-0.39, 0.29) is 4.90 Å². The average Bonchev–Trinajstić information content (AvgIpc) is 2.81. The van der Waals surface area contributed by atoms with E-state index >= 15 is 0 Å². The van der Waals surface area contributed by atoms with Crippen LogP contribution in [0.25, 0.3) is 0 Å². The second kappa shape index (κ2) is 16.9. The van der Waals surface area contributed by atoms with Gasteiger partial charge in [-0.25, -0.2) is 0 Å². The van der Waals surface area contributed by atoms with Crippen molar-refractivity contribution in [2.75, 3.05) is 20.3 Å². The van der Waals surface area contributed by atoms with Crippen LogP contribution in [0.1, 0.15) is 74.7 Å². The highest BCUT2D eigenvalue weighted by Crippen LogP contribution is 2.33. The topological polar surface area (TPSA) is 82.1 Å². The molecule has 36 heavy (non-hydrogen) atoms. The summed E-state index contributed by atoms with van der Waals surface area (Å²) in [6.45, 7) is 18.7. The van der Waals surface area contributed by atoms with Crippen LogP contribution < -0.4 is 9.47 Å². The van der Waals surface area contributed by atoms with Crippen molar-refractivity contribution in [1.29, 1.82) is 0 Å². The molecule has 0 saturated heterocycles. The van der Waals surface area contributed by atoms with Crippen LogP contribution in [0.15, 0.2) is 58.3 Å². The third-order valence-corrected chi connectivity index (χ3v) is 6.53. The van der Waals surface area contributed by atoms with Gasteiger partial charge in [0.25, 0.3) is 10.1 Å². The van der Waals surface area contributed by atoms with E-state index < -0.39 is 10.1 Å². The Hall–Kier alpha value is -1.74. The predicted octanol–water partition coefficient (Wildman–Crippen LogP) is 8.32. The van der Waals surface area contributed by atoms with Crippen molar-refractivity contribution in [3.63, 3.8) is 0 Å². The number of rotatable bonds is 11. The van der Waals surface area contributed by atoms with Gasteiger partial charge in [-0.05, 0) is 85.5 Å². The maximum atomic E-state index is 10.6. The molecule has 206 valence electrons. The quantitative estimate of drug-likeness (QED) is 0.226. The van der Waals surface area contributed by atoms with E-state index in [4.69, 9.17) is 18.2 Å². The lowest BCUT2D eigenvalue weighted by molar-refractivity contribution is 0.192. The summed E-state index contributed by atoms with van der Waals surface area (Å²) < 4.78 is 45.9. The lowest BCUT2D eigenvalue weighted by Crippen LogP contribution is -2.19. The van der Waals surface area contributed by atoms with Gasteiger partial charge in [0.15, 0.2) is 0 Å². The van der Waals surface area contributed by atoms with E-state index in [0.29, 0.717) is 23.2 Å². The van der Waals surface area contributed by atoms with Crippen molar-refractivity contribution in [2.45, 2.75) is 84.4 Å². The van der Waals surface area contributed by atoms with Crippen LogP contribution in [0.4, 0.5) is 0 Å². The number of benzene rings is 2. The monoisotopic (exact) mass is 542 g/mol. The van der Waals surface area contributed by atoms with Crippen LogP contribution in [0.2, 0.25) is 0 Å². The van der Waals surface area contributed by atoms with Crippen LogP contribution in [-0.2, 0) is 14.3 Å². The Morgan fingerprint density at radius 1 is 0.806 bits per heavy atom. The largest absolute Gasteiger partial charge is 0.494 e. The first-order valence-electron chi connectivity index (χ1n) is 12.4. The Morgan fingerprint density at radius 2 is 1.31 bits per heavy atom. The molecular formula is C28H46O6S2.